The fourth-order valence-corrected chi connectivity index (χ4v) is 3.14. The maximum Gasteiger partial charge on any atom is 0.0746 e. The Labute approximate surface area is 104 Å². The molecule has 2 unspecified atom stereocenters. The Balaban J connectivity index is 1.93. The highest BCUT2D eigenvalue weighted by atomic mass is 16.5. The number of hydrogen-bond acceptors (Lipinski definition) is 4. The summed E-state index contributed by atoms with van der Waals surface area (Å²) in [5, 5.41) is 19.7. The van der Waals surface area contributed by atoms with Crippen molar-refractivity contribution in [3.05, 3.63) is 0 Å². The van der Waals surface area contributed by atoms with Crippen LogP contribution >= 0.6 is 0 Å². The molecule has 17 heavy (non-hydrogen) atoms. The van der Waals surface area contributed by atoms with E-state index in [2.05, 4.69) is 4.90 Å². The van der Waals surface area contributed by atoms with E-state index in [0.29, 0.717) is 6.61 Å². The van der Waals surface area contributed by atoms with Crippen molar-refractivity contribution in [1.29, 1.82) is 0 Å². The van der Waals surface area contributed by atoms with Crippen LogP contribution in [0.5, 0.6) is 0 Å². The van der Waals surface area contributed by atoms with Crippen LogP contribution in [-0.4, -0.2) is 60.2 Å². The summed E-state index contributed by atoms with van der Waals surface area (Å²) in [5.41, 5.74) is -0.671. The number of ether oxygens (including phenoxy) is 1. The van der Waals surface area contributed by atoms with Crippen molar-refractivity contribution < 1.29 is 14.9 Å². The van der Waals surface area contributed by atoms with Crippen LogP contribution in [0.4, 0.5) is 0 Å². The molecule has 0 aromatic rings. The van der Waals surface area contributed by atoms with Gasteiger partial charge in [-0.1, -0.05) is 0 Å². The lowest BCUT2D eigenvalue weighted by atomic mass is 9.81. The molecule has 2 saturated heterocycles. The Morgan fingerprint density at radius 3 is 2.71 bits per heavy atom. The summed E-state index contributed by atoms with van der Waals surface area (Å²) < 4.78 is 5.52. The molecule has 4 nitrogen and oxygen atoms in total. The van der Waals surface area contributed by atoms with Gasteiger partial charge in [-0.05, 0) is 39.2 Å². The van der Waals surface area contributed by atoms with E-state index in [1.807, 2.05) is 6.92 Å². The molecular formula is C13H25NO3. The molecule has 0 aliphatic carbocycles. The van der Waals surface area contributed by atoms with Gasteiger partial charge in [0.05, 0.1) is 18.8 Å². The van der Waals surface area contributed by atoms with Crippen LogP contribution in [0.3, 0.4) is 0 Å². The van der Waals surface area contributed by atoms with Crippen LogP contribution in [0.1, 0.15) is 32.6 Å². The Morgan fingerprint density at radius 1 is 1.29 bits per heavy atom. The summed E-state index contributed by atoms with van der Waals surface area (Å²) in [5.74, 6) is 0. The van der Waals surface area contributed by atoms with E-state index in [9.17, 15) is 10.2 Å². The van der Waals surface area contributed by atoms with Crippen molar-refractivity contribution in [1.82, 2.24) is 4.90 Å². The van der Waals surface area contributed by atoms with Gasteiger partial charge in [0.25, 0.3) is 0 Å². The van der Waals surface area contributed by atoms with Gasteiger partial charge in [-0.3, -0.25) is 4.90 Å². The van der Waals surface area contributed by atoms with Gasteiger partial charge in [-0.2, -0.15) is 0 Å². The number of likely N-dealkylation sites (tertiary alicyclic amines) is 1. The second kappa shape index (κ2) is 5.22. The highest BCUT2D eigenvalue weighted by Crippen LogP contribution is 2.31. The largest absolute Gasteiger partial charge is 0.396 e. The minimum absolute atomic E-state index is 0.105. The number of aliphatic hydroxyl groups is 2. The molecule has 0 bridgehead atoms. The van der Waals surface area contributed by atoms with Crippen molar-refractivity contribution in [2.75, 3.05) is 39.5 Å². The molecule has 0 spiro atoms. The molecule has 0 amide bonds. The molecule has 0 saturated carbocycles. The molecule has 100 valence electrons. The quantitative estimate of drug-likeness (QED) is 0.763. The van der Waals surface area contributed by atoms with E-state index in [-0.39, 0.29) is 12.0 Å². The molecule has 0 radical (unpaired) electrons. The average molecular weight is 243 g/mol. The number of aliphatic hydroxyl groups excluding tert-OH is 1. The average Bonchev–Trinajstić information content (AvgIpc) is 2.29. The first-order chi connectivity index (χ1) is 8.05. The first-order valence-corrected chi connectivity index (χ1v) is 6.69. The number of rotatable bonds is 3. The van der Waals surface area contributed by atoms with Crippen molar-refractivity contribution in [2.45, 2.75) is 38.2 Å². The maximum absolute atomic E-state index is 10.1. The normalized spacial score (nSPS) is 40.4. The van der Waals surface area contributed by atoms with Gasteiger partial charge in [0.2, 0.25) is 0 Å². The smallest absolute Gasteiger partial charge is 0.0746 e. The van der Waals surface area contributed by atoms with E-state index in [1.54, 1.807) is 0 Å². The van der Waals surface area contributed by atoms with E-state index in [0.717, 1.165) is 51.9 Å². The van der Waals surface area contributed by atoms with Crippen LogP contribution in [0.15, 0.2) is 0 Å². The number of nitrogens with zero attached hydrogens (tertiary/aromatic N) is 1. The third-order valence-corrected chi connectivity index (χ3v) is 4.05. The molecule has 0 aromatic heterocycles. The van der Waals surface area contributed by atoms with Crippen LogP contribution < -0.4 is 0 Å². The lowest BCUT2D eigenvalue weighted by Gasteiger charge is -2.43. The van der Waals surface area contributed by atoms with Gasteiger partial charge in [0.15, 0.2) is 0 Å². The number of β-amino-alcohol motifs (C(OH)–C–C–N with tert-alkyl or cyclic N) is 1. The van der Waals surface area contributed by atoms with Gasteiger partial charge in [0.1, 0.15) is 0 Å². The Morgan fingerprint density at radius 2 is 2.12 bits per heavy atom. The minimum Gasteiger partial charge on any atom is -0.396 e. The lowest BCUT2D eigenvalue weighted by Crippen LogP contribution is -2.52. The molecule has 2 aliphatic heterocycles. The van der Waals surface area contributed by atoms with Crippen molar-refractivity contribution in [3.8, 4) is 0 Å². The first-order valence-electron chi connectivity index (χ1n) is 6.69. The summed E-state index contributed by atoms with van der Waals surface area (Å²) in [6, 6.07) is 0. The maximum atomic E-state index is 10.1. The van der Waals surface area contributed by atoms with Crippen LogP contribution in [0.25, 0.3) is 0 Å². The zero-order valence-corrected chi connectivity index (χ0v) is 10.8. The third kappa shape index (κ3) is 3.41. The third-order valence-electron chi connectivity index (χ3n) is 4.05. The highest BCUT2D eigenvalue weighted by Gasteiger charge is 2.37. The highest BCUT2D eigenvalue weighted by molar-refractivity contribution is 4.89. The van der Waals surface area contributed by atoms with Gasteiger partial charge in [0, 0.05) is 25.1 Å². The van der Waals surface area contributed by atoms with Crippen LogP contribution in [0.2, 0.25) is 0 Å². The van der Waals surface area contributed by atoms with Gasteiger partial charge in [-0.15, -0.1) is 0 Å². The zero-order chi connectivity index (χ0) is 12.4. The summed E-state index contributed by atoms with van der Waals surface area (Å²) in [7, 11) is 0. The number of piperidine rings is 1. The predicted molar refractivity (Wildman–Crippen MR) is 65.9 cm³/mol. The Kier molecular flexibility index (Phi) is 4.08. The summed E-state index contributed by atoms with van der Waals surface area (Å²) in [4.78, 5) is 2.29. The molecule has 2 fully saturated rings. The monoisotopic (exact) mass is 243 g/mol. The fourth-order valence-electron chi connectivity index (χ4n) is 3.14. The predicted octanol–water partition coefficient (Wildman–Crippen LogP) is 0.622. The molecular weight excluding hydrogens is 218 g/mol. The lowest BCUT2D eigenvalue weighted by molar-refractivity contribution is -0.0789. The van der Waals surface area contributed by atoms with Gasteiger partial charge < -0.3 is 14.9 Å². The Hall–Kier alpha value is -0.160. The van der Waals surface area contributed by atoms with E-state index in [4.69, 9.17) is 4.74 Å². The molecule has 2 heterocycles. The Bertz CT molecular complexity index is 249. The number of hydrogen-bond donors (Lipinski definition) is 2. The van der Waals surface area contributed by atoms with Crippen molar-refractivity contribution >= 4 is 0 Å². The van der Waals surface area contributed by atoms with Crippen molar-refractivity contribution in [3.63, 3.8) is 0 Å². The van der Waals surface area contributed by atoms with Crippen molar-refractivity contribution in [2.24, 2.45) is 5.41 Å². The first kappa shape index (κ1) is 13.3. The second-order valence-corrected chi connectivity index (χ2v) is 6.13. The molecule has 2 N–H and O–H groups in total. The zero-order valence-electron chi connectivity index (χ0n) is 10.8. The van der Waals surface area contributed by atoms with Crippen LogP contribution in [0, 0.1) is 5.41 Å². The van der Waals surface area contributed by atoms with Gasteiger partial charge in [-0.25, -0.2) is 0 Å². The topological polar surface area (TPSA) is 52.9 Å². The van der Waals surface area contributed by atoms with E-state index in [1.165, 1.54) is 0 Å². The van der Waals surface area contributed by atoms with E-state index < -0.39 is 5.60 Å². The molecule has 4 heteroatoms. The summed E-state index contributed by atoms with van der Waals surface area (Å²) >= 11 is 0. The SMILES string of the molecule is CC1(O)CCCN(CC2(CO)CCCOC2)C1. The molecule has 2 aliphatic rings. The van der Waals surface area contributed by atoms with Gasteiger partial charge >= 0.3 is 0 Å². The summed E-state index contributed by atoms with van der Waals surface area (Å²) in [6.45, 7) is 6.15. The molecule has 0 aromatic carbocycles. The summed E-state index contributed by atoms with van der Waals surface area (Å²) in [6.07, 6.45) is 3.98. The second-order valence-electron chi connectivity index (χ2n) is 6.13. The molecule has 2 rings (SSSR count). The van der Waals surface area contributed by atoms with E-state index >= 15 is 0 Å². The fraction of sp³-hybridized carbons (Fsp3) is 1.00. The standard InChI is InChI=1S/C13H25NO3/c1-12(16)4-2-6-14(8-12)9-13(10-15)5-3-7-17-11-13/h15-16H,2-11H2,1H3. The minimum atomic E-state index is -0.565. The van der Waals surface area contributed by atoms with Crippen LogP contribution in [-0.2, 0) is 4.74 Å². The molecule has 2 atom stereocenters.